The van der Waals surface area contributed by atoms with Gasteiger partial charge in [-0.2, -0.15) is 0 Å². The molecule has 0 bridgehead atoms. The van der Waals surface area contributed by atoms with Crippen LogP contribution in [0.4, 0.5) is 0 Å². The molecule has 2 saturated heterocycles. The highest BCUT2D eigenvalue weighted by Gasteiger charge is 2.20. The standard InChI is InChI=1S/C18H29N3.2ClH/c1-2-4-17(5-3-1)16-18-6-10-20(11-7-18)14-15-21-12-8-19-9-13-21;;/h1-5,18-19H,6-16H2;2*1H. The van der Waals surface area contributed by atoms with Crippen LogP contribution < -0.4 is 5.32 Å². The SMILES string of the molecule is Cl.Cl.c1ccc(CC2CCN(CCN3CCNCC3)CC2)cc1. The molecule has 3 nitrogen and oxygen atoms in total. The van der Waals surface area contributed by atoms with Crippen LogP contribution in [0.3, 0.4) is 0 Å². The Hall–Kier alpha value is -0.320. The molecule has 0 aliphatic carbocycles. The summed E-state index contributed by atoms with van der Waals surface area (Å²) in [6.45, 7) is 9.89. The average Bonchev–Trinajstić information content (AvgIpc) is 2.56. The topological polar surface area (TPSA) is 18.5 Å². The first-order valence-electron chi connectivity index (χ1n) is 8.59. The van der Waals surface area contributed by atoms with Crippen LogP contribution in [0.2, 0.25) is 0 Å². The van der Waals surface area contributed by atoms with Gasteiger partial charge in [0.05, 0.1) is 0 Å². The third-order valence-corrected chi connectivity index (χ3v) is 5.02. The quantitative estimate of drug-likeness (QED) is 0.871. The molecule has 132 valence electrons. The molecule has 0 spiro atoms. The third-order valence-electron chi connectivity index (χ3n) is 5.02. The Balaban J connectivity index is 0.00000132. The van der Waals surface area contributed by atoms with Crippen LogP contribution in [0.5, 0.6) is 0 Å². The van der Waals surface area contributed by atoms with Gasteiger partial charge in [-0.15, -0.1) is 24.8 Å². The zero-order chi connectivity index (χ0) is 14.3. The molecule has 0 amide bonds. The summed E-state index contributed by atoms with van der Waals surface area (Å²) < 4.78 is 0. The van der Waals surface area contributed by atoms with E-state index in [0.717, 1.165) is 5.92 Å². The van der Waals surface area contributed by atoms with Gasteiger partial charge >= 0.3 is 0 Å². The molecule has 0 aromatic heterocycles. The van der Waals surface area contributed by atoms with Gasteiger partial charge in [0, 0.05) is 39.3 Å². The summed E-state index contributed by atoms with van der Waals surface area (Å²) in [5, 5.41) is 3.43. The fraction of sp³-hybridized carbons (Fsp3) is 0.667. The smallest absolute Gasteiger partial charge is 0.0110 e. The van der Waals surface area contributed by atoms with Gasteiger partial charge in [0.15, 0.2) is 0 Å². The molecule has 0 saturated carbocycles. The lowest BCUT2D eigenvalue weighted by Gasteiger charge is -2.34. The normalized spacial score (nSPS) is 20.5. The van der Waals surface area contributed by atoms with E-state index >= 15 is 0 Å². The fourth-order valence-corrected chi connectivity index (χ4v) is 3.58. The van der Waals surface area contributed by atoms with Crippen LogP contribution in [-0.4, -0.2) is 62.2 Å². The Kier molecular flexibility index (Phi) is 10.2. The first-order valence-corrected chi connectivity index (χ1v) is 8.59. The van der Waals surface area contributed by atoms with Gasteiger partial charge in [0.25, 0.3) is 0 Å². The Morgan fingerprint density at radius 1 is 0.826 bits per heavy atom. The molecule has 3 rings (SSSR count). The third kappa shape index (κ3) is 6.98. The van der Waals surface area contributed by atoms with E-state index < -0.39 is 0 Å². The van der Waals surface area contributed by atoms with Crippen molar-refractivity contribution < 1.29 is 0 Å². The number of hydrogen-bond donors (Lipinski definition) is 1. The monoisotopic (exact) mass is 359 g/mol. The summed E-state index contributed by atoms with van der Waals surface area (Å²) in [6, 6.07) is 11.0. The number of rotatable bonds is 5. The van der Waals surface area contributed by atoms with Gasteiger partial charge in [0.2, 0.25) is 0 Å². The van der Waals surface area contributed by atoms with Gasteiger partial charge in [-0.3, -0.25) is 4.90 Å². The molecule has 5 heteroatoms. The molecule has 2 heterocycles. The number of nitrogens with one attached hydrogen (secondary N) is 1. The van der Waals surface area contributed by atoms with Crippen molar-refractivity contribution in [2.45, 2.75) is 19.3 Å². The van der Waals surface area contributed by atoms with Crippen LogP contribution in [0, 0.1) is 5.92 Å². The average molecular weight is 360 g/mol. The van der Waals surface area contributed by atoms with E-state index in [1.54, 1.807) is 0 Å². The number of nitrogens with zero attached hydrogens (tertiary/aromatic N) is 2. The Labute approximate surface area is 153 Å². The van der Waals surface area contributed by atoms with Gasteiger partial charge in [0.1, 0.15) is 0 Å². The summed E-state index contributed by atoms with van der Waals surface area (Å²) in [6.07, 6.45) is 4.01. The predicted molar refractivity (Wildman–Crippen MR) is 103 cm³/mol. The van der Waals surface area contributed by atoms with Crippen molar-refractivity contribution in [2.24, 2.45) is 5.92 Å². The maximum absolute atomic E-state index is 3.43. The highest BCUT2D eigenvalue weighted by atomic mass is 35.5. The van der Waals surface area contributed by atoms with Crippen molar-refractivity contribution in [1.82, 2.24) is 15.1 Å². The fourth-order valence-electron chi connectivity index (χ4n) is 3.58. The minimum absolute atomic E-state index is 0. The molecule has 2 fully saturated rings. The molecule has 1 N–H and O–H groups in total. The van der Waals surface area contributed by atoms with Crippen LogP contribution in [0.1, 0.15) is 18.4 Å². The van der Waals surface area contributed by atoms with Crippen molar-refractivity contribution in [3.63, 3.8) is 0 Å². The lowest BCUT2D eigenvalue weighted by atomic mass is 9.90. The Morgan fingerprint density at radius 3 is 2.00 bits per heavy atom. The van der Waals surface area contributed by atoms with Crippen molar-refractivity contribution in [2.75, 3.05) is 52.4 Å². The largest absolute Gasteiger partial charge is 0.314 e. The first-order chi connectivity index (χ1) is 10.4. The highest BCUT2D eigenvalue weighted by molar-refractivity contribution is 5.85. The van der Waals surface area contributed by atoms with Crippen LogP contribution >= 0.6 is 24.8 Å². The minimum atomic E-state index is 0. The molecule has 0 atom stereocenters. The van der Waals surface area contributed by atoms with Crippen LogP contribution in [0.15, 0.2) is 30.3 Å². The van der Waals surface area contributed by atoms with E-state index in [0.29, 0.717) is 0 Å². The van der Waals surface area contributed by atoms with E-state index in [1.807, 2.05) is 0 Å². The zero-order valence-corrected chi connectivity index (χ0v) is 15.6. The summed E-state index contributed by atoms with van der Waals surface area (Å²) >= 11 is 0. The molecule has 0 radical (unpaired) electrons. The van der Waals surface area contributed by atoms with E-state index in [-0.39, 0.29) is 24.8 Å². The predicted octanol–water partition coefficient (Wildman–Crippen LogP) is 2.69. The molecule has 23 heavy (non-hydrogen) atoms. The van der Waals surface area contributed by atoms with Crippen LogP contribution in [0.25, 0.3) is 0 Å². The molecule has 0 unspecified atom stereocenters. The van der Waals surface area contributed by atoms with Crippen molar-refractivity contribution in [1.29, 1.82) is 0 Å². The number of likely N-dealkylation sites (tertiary alicyclic amines) is 1. The maximum atomic E-state index is 3.43. The maximum Gasteiger partial charge on any atom is 0.0110 e. The molecular weight excluding hydrogens is 329 g/mol. The molecular formula is C18H31Cl2N3. The number of halogens is 2. The van der Waals surface area contributed by atoms with E-state index in [9.17, 15) is 0 Å². The summed E-state index contributed by atoms with van der Waals surface area (Å²) in [7, 11) is 0. The van der Waals surface area contributed by atoms with Crippen molar-refractivity contribution >= 4 is 24.8 Å². The lowest BCUT2D eigenvalue weighted by Crippen LogP contribution is -2.47. The van der Waals surface area contributed by atoms with E-state index in [4.69, 9.17) is 0 Å². The van der Waals surface area contributed by atoms with Gasteiger partial charge in [-0.1, -0.05) is 30.3 Å². The summed E-state index contributed by atoms with van der Waals surface area (Å²) in [4.78, 5) is 5.27. The van der Waals surface area contributed by atoms with Crippen molar-refractivity contribution in [3.8, 4) is 0 Å². The zero-order valence-electron chi connectivity index (χ0n) is 14.0. The highest BCUT2D eigenvalue weighted by Crippen LogP contribution is 2.21. The second-order valence-corrected chi connectivity index (χ2v) is 6.57. The second-order valence-electron chi connectivity index (χ2n) is 6.57. The molecule has 2 aliphatic heterocycles. The van der Waals surface area contributed by atoms with Gasteiger partial charge in [-0.25, -0.2) is 0 Å². The molecule has 2 aliphatic rings. The number of piperazine rings is 1. The van der Waals surface area contributed by atoms with E-state index in [2.05, 4.69) is 45.4 Å². The van der Waals surface area contributed by atoms with Crippen LogP contribution in [-0.2, 0) is 6.42 Å². The van der Waals surface area contributed by atoms with E-state index in [1.165, 1.54) is 77.2 Å². The summed E-state index contributed by atoms with van der Waals surface area (Å²) in [5.74, 6) is 0.892. The Morgan fingerprint density at radius 2 is 1.39 bits per heavy atom. The molecule has 1 aromatic rings. The minimum Gasteiger partial charge on any atom is -0.314 e. The molecule has 1 aromatic carbocycles. The number of piperidine rings is 1. The first kappa shape index (κ1) is 20.7. The van der Waals surface area contributed by atoms with Gasteiger partial charge < -0.3 is 10.2 Å². The Bertz CT molecular complexity index is 402. The number of hydrogen-bond acceptors (Lipinski definition) is 3. The number of benzene rings is 1. The van der Waals surface area contributed by atoms with Crippen molar-refractivity contribution in [3.05, 3.63) is 35.9 Å². The second kappa shape index (κ2) is 11.3. The van der Waals surface area contributed by atoms with Gasteiger partial charge in [-0.05, 0) is 43.8 Å². The summed E-state index contributed by atoms with van der Waals surface area (Å²) in [5.41, 5.74) is 1.51. The lowest BCUT2D eigenvalue weighted by molar-refractivity contribution is 0.149.